The number of thiophene rings is 1. The van der Waals surface area contributed by atoms with E-state index in [2.05, 4.69) is 27.1 Å². The molecule has 140 valence electrons. The minimum Gasteiger partial charge on any atom is -0.366 e. The predicted octanol–water partition coefficient (Wildman–Crippen LogP) is 5.20. The zero-order valence-electron chi connectivity index (χ0n) is 14.9. The smallest absolute Gasteiger partial charge is 0.256 e. The summed E-state index contributed by atoms with van der Waals surface area (Å²) in [5.74, 6) is 0.0386. The Hall–Kier alpha value is -2.83. The number of H-pyrrole nitrogens is 2. The van der Waals surface area contributed by atoms with Gasteiger partial charge in [0.2, 0.25) is 0 Å². The topological polar surface area (TPSA) is 64.8 Å². The van der Waals surface area contributed by atoms with E-state index >= 15 is 0 Å². The summed E-state index contributed by atoms with van der Waals surface area (Å²) in [6, 6.07) is 7.83. The molecule has 0 unspecified atom stereocenters. The van der Waals surface area contributed by atoms with Crippen LogP contribution in [0.5, 0.6) is 0 Å². The van der Waals surface area contributed by atoms with E-state index in [1.165, 1.54) is 22.5 Å². The fourth-order valence-corrected chi connectivity index (χ4v) is 4.77. The number of amides is 1. The van der Waals surface area contributed by atoms with E-state index in [1.807, 2.05) is 35.5 Å². The Bertz CT molecular complexity index is 1200. The van der Waals surface area contributed by atoms with Crippen LogP contribution in [-0.4, -0.2) is 38.8 Å². The fourth-order valence-electron chi connectivity index (χ4n) is 3.69. The van der Waals surface area contributed by atoms with Crippen LogP contribution in [0.4, 0.5) is 0 Å². The van der Waals surface area contributed by atoms with Gasteiger partial charge in [0.05, 0.1) is 9.90 Å². The molecule has 2 N–H and O–H groups in total. The van der Waals surface area contributed by atoms with Crippen LogP contribution in [-0.2, 0) is 0 Å². The third kappa shape index (κ3) is 2.95. The normalized spacial score (nSPS) is 14.5. The van der Waals surface area contributed by atoms with Crippen LogP contribution in [0.25, 0.3) is 27.0 Å². The highest BCUT2D eigenvalue weighted by Gasteiger charge is 2.24. The average Bonchev–Trinajstić information content (AvgIpc) is 3.46. The summed E-state index contributed by atoms with van der Waals surface area (Å²) in [5.41, 5.74) is 4.91. The molecule has 28 heavy (non-hydrogen) atoms. The average molecular weight is 409 g/mol. The van der Waals surface area contributed by atoms with E-state index in [0.29, 0.717) is 23.0 Å². The maximum Gasteiger partial charge on any atom is 0.256 e. The highest BCUT2D eigenvalue weighted by atomic mass is 35.5. The maximum atomic E-state index is 13.1. The van der Waals surface area contributed by atoms with Gasteiger partial charge in [-0.15, -0.1) is 11.3 Å². The largest absolute Gasteiger partial charge is 0.366 e. The molecule has 5 rings (SSSR count). The van der Waals surface area contributed by atoms with Crippen LogP contribution in [0.15, 0.2) is 55.1 Å². The van der Waals surface area contributed by atoms with Crippen molar-refractivity contribution in [1.29, 1.82) is 0 Å². The van der Waals surface area contributed by atoms with Crippen molar-refractivity contribution in [2.75, 3.05) is 13.1 Å². The number of halogens is 1. The molecule has 0 fully saturated rings. The molecule has 5 heterocycles. The van der Waals surface area contributed by atoms with Gasteiger partial charge in [0.25, 0.3) is 5.91 Å². The molecule has 1 amide bonds. The molecule has 4 aromatic rings. The molecule has 0 bridgehead atoms. The summed E-state index contributed by atoms with van der Waals surface area (Å²) < 4.78 is 0.716. The van der Waals surface area contributed by atoms with Crippen LogP contribution in [0.3, 0.4) is 0 Å². The van der Waals surface area contributed by atoms with Gasteiger partial charge >= 0.3 is 0 Å². The molecule has 0 spiro atoms. The number of carbonyl (C=O) groups excluding carboxylic acids is 1. The van der Waals surface area contributed by atoms with E-state index < -0.39 is 0 Å². The second-order valence-electron chi connectivity index (χ2n) is 6.72. The molecular formula is C21H17ClN4OS. The van der Waals surface area contributed by atoms with Gasteiger partial charge in [-0.1, -0.05) is 17.7 Å². The lowest BCUT2D eigenvalue weighted by Gasteiger charge is -2.26. The highest BCUT2D eigenvalue weighted by molar-refractivity contribution is 7.19. The summed E-state index contributed by atoms with van der Waals surface area (Å²) in [4.78, 5) is 26.6. The van der Waals surface area contributed by atoms with Gasteiger partial charge in [0.15, 0.2) is 0 Å². The second kappa shape index (κ2) is 6.96. The van der Waals surface area contributed by atoms with Crippen LogP contribution < -0.4 is 0 Å². The lowest BCUT2D eigenvalue weighted by Crippen LogP contribution is -2.34. The highest BCUT2D eigenvalue weighted by Crippen LogP contribution is 2.34. The number of fused-ring (bicyclic) bond motifs is 1. The summed E-state index contributed by atoms with van der Waals surface area (Å²) >= 11 is 7.54. The number of aromatic nitrogens is 3. The molecule has 0 atom stereocenters. The lowest BCUT2D eigenvalue weighted by atomic mass is 9.99. The van der Waals surface area contributed by atoms with Crippen LogP contribution in [0.1, 0.15) is 22.3 Å². The summed E-state index contributed by atoms with van der Waals surface area (Å²) in [6.07, 6.45) is 10.4. The van der Waals surface area contributed by atoms with Crippen molar-refractivity contribution in [1.82, 2.24) is 19.9 Å². The monoisotopic (exact) mass is 408 g/mol. The molecule has 5 nitrogen and oxygen atoms in total. The number of nitrogens with one attached hydrogen (secondary N) is 2. The lowest BCUT2D eigenvalue weighted by molar-refractivity contribution is 0.0774. The minimum absolute atomic E-state index is 0.0386. The third-order valence-electron chi connectivity index (χ3n) is 5.11. The number of aromatic amines is 2. The summed E-state index contributed by atoms with van der Waals surface area (Å²) in [5, 5.41) is 1.12. The van der Waals surface area contributed by atoms with Gasteiger partial charge in [-0.3, -0.25) is 4.79 Å². The first kappa shape index (κ1) is 17.3. The van der Waals surface area contributed by atoms with Crippen LogP contribution >= 0.6 is 22.9 Å². The van der Waals surface area contributed by atoms with Gasteiger partial charge in [-0.05, 0) is 36.3 Å². The molecule has 4 aromatic heterocycles. The van der Waals surface area contributed by atoms with Crippen molar-refractivity contribution in [2.45, 2.75) is 6.42 Å². The molecule has 1 aliphatic heterocycles. The van der Waals surface area contributed by atoms with Gasteiger partial charge in [0.1, 0.15) is 5.65 Å². The first-order valence-electron chi connectivity index (χ1n) is 9.04. The Balaban J connectivity index is 1.39. The van der Waals surface area contributed by atoms with Crippen molar-refractivity contribution < 1.29 is 4.79 Å². The molecule has 0 aliphatic carbocycles. The van der Waals surface area contributed by atoms with Gasteiger partial charge in [-0.25, -0.2) is 4.98 Å². The Morgan fingerprint density at radius 2 is 2.11 bits per heavy atom. The number of carbonyl (C=O) groups is 1. The molecule has 0 saturated heterocycles. The minimum atomic E-state index is 0.0386. The van der Waals surface area contributed by atoms with Crippen molar-refractivity contribution in [3.05, 3.63) is 70.6 Å². The van der Waals surface area contributed by atoms with Crippen molar-refractivity contribution in [3.63, 3.8) is 0 Å². The van der Waals surface area contributed by atoms with Gasteiger partial charge in [-0.2, -0.15) is 0 Å². The number of rotatable bonds is 3. The van der Waals surface area contributed by atoms with E-state index in [9.17, 15) is 4.79 Å². The van der Waals surface area contributed by atoms with E-state index in [1.54, 1.807) is 12.4 Å². The van der Waals surface area contributed by atoms with Crippen molar-refractivity contribution >= 4 is 45.5 Å². The summed E-state index contributed by atoms with van der Waals surface area (Å²) in [6.45, 7) is 1.28. The Kier molecular flexibility index (Phi) is 4.30. The molecule has 0 radical (unpaired) electrons. The summed E-state index contributed by atoms with van der Waals surface area (Å²) in [7, 11) is 0. The zero-order chi connectivity index (χ0) is 19.1. The molecular weight excluding hydrogens is 392 g/mol. The number of hydrogen-bond donors (Lipinski definition) is 2. The first-order chi connectivity index (χ1) is 13.7. The van der Waals surface area contributed by atoms with Gasteiger partial charge < -0.3 is 14.9 Å². The fraction of sp³-hybridized carbons (Fsp3) is 0.143. The molecule has 0 aromatic carbocycles. The SMILES string of the molecule is O=C(c1c[nH]cc1-c1ccc(Cl)s1)N1CC=C(c2c[nH]c3ncccc23)CC1. The quantitative estimate of drug-likeness (QED) is 0.489. The molecule has 1 aliphatic rings. The number of nitrogens with zero attached hydrogens (tertiary/aromatic N) is 2. The maximum absolute atomic E-state index is 13.1. The van der Waals surface area contributed by atoms with Crippen LogP contribution in [0, 0.1) is 0 Å². The Morgan fingerprint density at radius 1 is 1.18 bits per heavy atom. The first-order valence-corrected chi connectivity index (χ1v) is 10.2. The second-order valence-corrected chi connectivity index (χ2v) is 8.43. The molecule has 7 heteroatoms. The third-order valence-corrected chi connectivity index (χ3v) is 6.37. The Labute approximate surface area is 170 Å². The number of pyridine rings is 1. The zero-order valence-corrected chi connectivity index (χ0v) is 16.5. The van der Waals surface area contributed by atoms with E-state index in [0.717, 1.165) is 27.9 Å². The van der Waals surface area contributed by atoms with Crippen molar-refractivity contribution in [2.24, 2.45) is 0 Å². The predicted molar refractivity (Wildman–Crippen MR) is 114 cm³/mol. The van der Waals surface area contributed by atoms with Crippen molar-refractivity contribution in [3.8, 4) is 10.4 Å². The van der Waals surface area contributed by atoms with E-state index in [-0.39, 0.29) is 5.91 Å². The number of hydrogen-bond acceptors (Lipinski definition) is 3. The van der Waals surface area contributed by atoms with Gasteiger partial charge in [0, 0.05) is 59.3 Å². The van der Waals surface area contributed by atoms with Crippen LogP contribution in [0.2, 0.25) is 4.34 Å². The Morgan fingerprint density at radius 3 is 2.89 bits per heavy atom. The standard InChI is InChI=1S/C21H17ClN4OS/c22-19-4-3-18(28-19)16-10-23-11-17(16)21(27)26-8-5-13(6-9-26)15-12-25-20-14(15)2-1-7-24-20/h1-5,7,10-12,23H,6,8-9H2,(H,24,25). The molecule has 0 saturated carbocycles. The van der Waals surface area contributed by atoms with E-state index in [4.69, 9.17) is 11.6 Å².